The zero-order valence-electron chi connectivity index (χ0n) is 11.2. The molecule has 1 aromatic carbocycles. The molecule has 0 radical (unpaired) electrons. The van der Waals surface area contributed by atoms with Crippen molar-refractivity contribution in [2.45, 2.75) is 12.8 Å². The lowest BCUT2D eigenvalue weighted by molar-refractivity contribution is 0.103. The Hall–Kier alpha value is -0.850. The Balaban J connectivity index is 1.68. The van der Waals surface area contributed by atoms with Crippen LogP contribution in [0.4, 0.5) is 11.4 Å². The monoisotopic (exact) mass is 428 g/mol. The summed E-state index contributed by atoms with van der Waals surface area (Å²) in [4.78, 5) is 15.2. The van der Waals surface area contributed by atoms with Crippen LogP contribution in [0.3, 0.4) is 0 Å². The van der Waals surface area contributed by atoms with Crippen molar-refractivity contribution in [3.05, 3.63) is 43.5 Å². The fraction of sp³-hybridized carbons (Fsp3) is 0.267. The smallest absolute Gasteiger partial charge is 0.265 e. The van der Waals surface area contributed by atoms with Crippen molar-refractivity contribution in [3.8, 4) is 0 Å². The van der Waals surface area contributed by atoms with Crippen molar-refractivity contribution in [3.63, 3.8) is 0 Å². The number of hydrogen-bond acceptors (Lipinski definition) is 3. The largest absolute Gasteiger partial charge is 0.372 e. The van der Waals surface area contributed by atoms with E-state index in [9.17, 15) is 4.79 Å². The summed E-state index contributed by atoms with van der Waals surface area (Å²) in [5.74, 6) is -0.0830. The quantitative estimate of drug-likeness (QED) is 0.733. The average molecular weight is 430 g/mol. The molecule has 6 heteroatoms. The minimum Gasteiger partial charge on any atom is -0.372 e. The fourth-order valence-electron chi connectivity index (χ4n) is 2.38. The molecule has 0 aliphatic carbocycles. The van der Waals surface area contributed by atoms with Crippen molar-refractivity contribution in [1.29, 1.82) is 0 Å². The predicted molar refractivity (Wildman–Crippen MR) is 95.6 cm³/mol. The molecule has 110 valence electrons. The molecule has 1 N–H and O–H groups in total. The van der Waals surface area contributed by atoms with E-state index >= 15 is 0 Å². The molecule has 1 aromatic heterocycles. The van der Waals surface area contributed by atoms with Crippen molar-refractivity contribution in [2.24, 2.45) is 0 Å². The highest BCUT2D eigenvalue weighted by Crippen LogP contribution is 2.32. The number of nitrogens with one attached hydrogen (secondary N) is 1. The number of hydrogen-bond donors (Lipinski definition) is 1. The maximum atomic E-state index is 12.2. The Morgan fingerprint density at radius 1 is 1.14 bits per heavy atom. The topological polar surface area (TPSA) is 32.3 Å². The van der Waals surface area contributed by atoms with Crippen molar-refractivity contribution in [2.75, 3.05) is 23.3 Å². The van der Waals surface area contributed by atoms with Crippen molar-refractivity contribution in [1.82, 2.24) is 0 Å². The van der Waals surface area contributed by atoms with Crippen LogP contribution in [-0.2, 0) is 0 Å². The molecule has 1 aliphatic heterocycles. The first-order valence-electron chi connectivity index (χ1n) is 6.75. The van der Waals surface area contributed by atoms with Gasteiger partial charge in [0.05, 0.1) is 8.66 Å². The maximum Gasteiger partial charge on any atom is 0.265 e. The highest BCUT2D eigenvalue weighted by Gasteiger charge is 2.14. The Labute approximate surface area is 144 Å². The Morgan fingerprint density at radius 2 is 1.81 bits per heavy atom. The van der Waals surface area contributed by atoms with E-state index in [-0.39, 0.29) is 5.91 Å². The van der Waals surface area contributed by atoms with Gasteiger partial charge in [-0.3, -0.25) is 4.79 Å². The number of amides is 1. The molecule has 1 fully saturated rings. The van der Waals surface area contributed by atoms with E-state index in [0.29, 0.717) is 4.88 Å². The summed E-state index contributed by atoms with van der Waals surface area (Å²) in [6, 6.07) is 9.89. The van der Waals surface area contributed by atoms with Gasteiger partial charge in [0.15, 0.2) is 0 Å². The van der Waals surface area contributed by atoms with Gasteiger partial charge in [0.2, 0.25) is 0 Å². The SMILES string of the molecule is O=C(Nc1ccc(N2CCCC2)cc1)c1cc(Br)c(Br)s1. The van der Waals surface area contributed by atoms with Crippen LogP contribution >= 0.6 is 43.2 Å². The van der Waals surface area contributed by atoms with Crippen LogP contribution in [0.5, 0.6) is 0 Å². The highest BCUT2D eigenvalue weighted by atomic mass is 79.9. The molecular formula is C15H14Br2N2OS. The molecule has 0 bridgehead atoms. The maximum absolute atomic E-state index is 12.2. The summed E-state index contributed by atoms with van der Waals surface area (Å²) in [5, 5.41) is 2.93. The zero-order chi connectivity index (χ0) is 14.8. The molecule has 0 unspecified atom stereocenters. The Kier molecular flexibility index (Phi) is 4.66. The number of thiophene rings is 1. The van der Waals surface area contributed by atoms with E-state index in [4.69, 9.17) is 0 Å². The molecule has 1 aliphatic rings. The number of carbonyl (C=O) groups is 1. The molecular weight excluding hydrogens is 416 g/mol. The Bertz CT molecular complexity index is 629. The predicted octanol–water partition coefficient (Wildman–Crippen LogP) is 5.13. The molecule has 1 amide bonds. The lowest BCUT2D eigenvalue weighted by Gasteiger charge is -2.17. The number of anilines is 2. The first kappa shape index (κ1) is 15.1. The van der Waals surface area contributed by atoms with Gasteiger partial charge in [-0.25, -0.2) is 0 Å². The van der Waals surface area contributed by atoms with Crippen LogP contribution in [-0.4, -0.2) is 19.0 Å². The lowest BCUT2D eigenvalue weighted by atomic mass is 10.2. The van der Waals surface area contributed by atoms with Gasteiger partial charge in [-0.05, 0) is 75.0 Å². The second-order valence-corrected chi connectivity index (χ2v) is 8.15. The van der Waals surface area contributed by atoms with Gasteiger partial charge >= 0.3 is 0 Å². The van der Waals surface area contributed by atoms with Gasteiger partial charge in [-0.15, -0.1) is 11.3 Å². The van der Waals surface area contributed by atoms with Gasteiger partial charge in [0.25, 0.3) is 5.91 Å². The number of rotatable bonds is 3. The van der Waals surface area contributed by atoms with Gasteiger partial charge in [0.1, 0.15) is 0 Å². The minimum atomic E-state index is -0.0830. The molecule has 3 nitrogen and oxygen atoms in total. The average Bonchev–Trinajstić information content (AvgIpc) is 3.11. The standard InChI is InChI=1S/C15H14Br2N2OS/c16-12-9-13(21-14(12)17)15(20)18-10-3-5-11(6-4-10)19-7-1-2-8-19/h3-6,9H,1-2,7-8H2,(H,18,20). The summed E-state index contributed by atoms with van der Waals surface area (Å²) < 4.78 is 1.83. The van der Waals surface area contributed by atoms with E-state index < -0.39 is 0 Å². The third-order valence-electron chi connectivity index (χ3n) is 3.47. The lowest BCUT2D eigenvalue weighted by Crippen LogP contribution is -2.17. The first-order chi connectivity index (χ1) is 10.1. The van der Waals surface area contributed by atoms with Crippen LogP contribution in [0.25, 0.3) is 0 Å². The summed E-state index contributed by atoms with van der Waals surface area (Å²) in [5.41, 5.74) is 2.05. The molecule has 0 saturated carbocycles. The molecule has 3 rings (SSSR count). The van der Waals surface area contributed by atoms with Crippen LogP contribution < -0.4 is 10.2 Å². The number of carbonyl (C=O) groups excluding carboxylic acids is 1. The summed E-state index contributed by atoms with van der Waals surface area (Å²) in [7, 11) is 0. The highest BCUT2D eigenvalue weighted by molar-refractivity contribution is 9.13. The summed E-state index contributed by atoms with van der Waals surface area (Å²) in [6.45, 7) is 2.26. The summed E-state index contributed by atoms with van der Waals surface area (Å²) >= 11 is 8.21. The molecule has 2 aromatic rings. The van der Waals surface area contributed by atoms with Crippen LogP contribution in [0.2, 0.25) is 0 Å². The van der Waals surface area contributed by atoms with E-state index in [1.165, 1.54) is 29.9 Å². The third kappa shape index (κ3) is 3.49. The number of benzene rings is 1. The second kappa shape index (κ2) is 6.50. The fourth-order valence-corrected chi connectivity index (χ4v) is 4.31. The molecule has 1 saturated heterocycles. The summed E-state index contributed by atoms with van der Waals surface area (Å²) in [6.07, 6.45) is 2.53. The van der Waals surface area contributed by atoms with Crippen LogP contribution in [0.15, 0.2) is 38.6 Å². The molecule has 0 atom stereocenters. The van der Waals surface area contributed by atoms with Crippen molar-refractivity contribution >= 4 is 60.5 Å². The van der Waals surface area contributed by atoms with E-state index in [1.807, 2.05) is 18.2 Å². The van der Waals surface area contributed by atoms with Gasteiger partial charge in [-0.1, -0.05) is 0 Å². The minimum absolute atomic E-state index is 0.0830. The number of nitrogens with zero attached hydrogens (tertiary/aromatic N) is 1. The third-order valence-corrected chi connectivity index (χ3v) is 6.72. The van der Waals surface area contributed by atoms with Gasteiger partial charge in [-0.2, -0.15) is 0 Å². The zero-order valence-corrected chi connectivity index (χ0v) is 15.2. The molecule has 21 heavy (non-hydrogen) atoms. The van der Waals surface area contributed by atoms with Gasteiger partial charge in [0, 0.05) is 28.9 Å². The second-order valence-electron chi connectivity index (χ2n) is 4.93. The van der Waals surface area contributed by atoms with E-state index in [1.54, 1.807) is 0 Å². The Morgan fingerprint density at radius 3 is 2.38 bits per heavy atom. The molecule has 0 spiro atoms. The first-order valence-corrected chi connectivity index (χ1v) is 9.15. The van der Waals surface area contributed by atoms with Crippen LogP contribution in [0.1, 0.15) is 22.5 Å². The van der Waals surface area contributed by atoms with Crippen LogP contribution in [0, 0.1) is 0 Å². The van der Waals surface area contributed by atoms with E-state index in [0.717, 1.165) is 27.0 Å². The normalized spacial score (nSPS) is 14.5. The number of halogens is 2. The van der Waals surface area contributed by atoms with Gasteiger partial charge < -0.3 is 10.2 Å². The van der Waals surface area contributed by atoms with E-state index in [2.05, 4.69) is 54.2 Å². The molecule has 2 heterocycles. The van der Waals surface area contributed by atoms with Crippen molar-refractivity contribution < 1.29 is 4.79 Å².